The van der Waals surface area contributed by atoms with E-state index < -0.39 is 0 Å². The fourth-order valence-corrected chi connectivity index (χ4v) is 6.84. The van der Waals surface area contributed by atoms with Crippen molar-refractivity contribution < 1.29 is 0 Å². The van der Waals surface area contributed by atoms with Crippen LogP contribution in [0, 0.1) is 0 Å². The standard InChI is InChI=1S/C46H31N3/c1-6-16-32(17-7-1)41-29-38-28-36(37-30-42(33-18-8-2-9-19-33)47-43(31-37)34-20-10-3-11-21-34)26-27-40(38)46-44(41)45(35-22-12-4-13-23-35)48-49(46)39-24-14-5-15-25-39/h1-31H. The highest BCUT2D eigenvalue weighted by atomic mass is 15.3. The quantitative estimate of drug-likeness (QED) is 0.184. The Labute approximate surface area is 285 Å². The van der Waals surface area contributed by atoms with Gasteiger partial charge >= 0.3 is 0 Å². The first-order chi connectivity index (χ1) is 24.3. The van der Waals surface area contributed by atoms with E-state index >= 15 is 0 Å². The Balaban J connectivity index is 1.34. The zero-order valence-electron chi connectivity index (χ0n) is 26.7. The van der Waals surface area contributed by atoms with E-state index in [-0.39, 0.29) is 0 Å². The smallest absolute Gasteiger partial charge is 0.101 e. The average Bonchev–Trinajstić information content (AvgIpc) is 3.60. The molecule has 0 aliphatic rings. The highest BCUT2D eigenvalue weighted by molar-refractivity contribution is 6.17. The number of rotatable bonds is 6. The van der Waals surface area contributed by atoms with Crippen LogP contribution in [0.1, 0.15) is 0 Å². The lowest BCUT2D eigenvalue weighted by Crippen LogP contribution is -1.97. The molecule has 0 bridgehead atoms. The van der Waals surface area contributed by atoms with Crippen LogP contribution < -0.4 is 0 Å². The lowest BCUT2D eigenvalue weighted by molar-refractivity contribution is 0.918. The van der Waals surface area contributed by atoms with E-state index in [1.165, 1.54) is 0 Å². The van der Waals surface area contributed by atoms with Crippen LogP contribution in [0.2, 0.25) is 0 Å². The number of pyridine rings is 1. The van der Waals surface area contributed by atoms with Gasteiger partial charge in [0.05, 0.1) is 22.6 Å². The Morgan fingerprint density at radius 3 is 1.47 bits per heavy atom. The van der Waals surface area contributed by atoms with E-state index in [0.29, 0.717) is 0 Å². The van der Waals surface area contributed by atoms with Crippen LogP contribution in [0.25, 0.3) is 83.4 Å². The molecule has 9 aromatic rings. The Morgan fingerprint density at radius 2 is 0.898 bits per heavy atom. The van der Waals surface area contributed by atoms with Crippen LogP contribution in [-0.4, -0.2) is 14.8 Å². The highest BCUT2D eigenvalue weighted by Gasteiger charge is 2.21. The number of benzene rings is 7. The van der Waals surface area contributed by atoms with Crippen molar-refractivity contribution in [2.45, 2.75) is 0 Å². The van der Waals surface area contributed by atoms with Crippen molar-refractivity contribution in [2.24, 2.45) is 0 Å². The molecule has 3 heteroatoms. The predicted octanol–water partition coefficient (Wildman–Crippen LogP) is 11.9. The Kier molecular flexibility index (Phi) is 7.14. The van der Waals surface area contributed by atoms with Gasteiger partial charge in [-0.1, -0.05) is 152 Å². The van der Waals surface area contributed by atoms with Crippen LogP contribution in [0.5, 0.6) is 0 Å². The molecule has 2 heterocycles. The summed E-state index contributed by atoms with van der Waals surface area (Å²) in [4.78, 5) is 5.12. The third kappa shape index (κ3) is 5.28. The lowest BCUT2D eigenvalue weighted by Gasteiger charge is -2.14. The number of fused-ring (bicyclic) bond motifs is 3. The topological polar surface area (TPSA) is 30.7 Å². The number of hydrogen-bond donors (Lipinski definition) is 0. The number of aromatic nitrogens is 3. The van der Waals surface area contributed by atoms with E-state index in [1.54, 1.807) is 0 Å². The summed E-state index contributed by atoms with van der Waals surface area (Å²) in [5.74, 6) is 0. The number of nitrogens with zero attached hydrogens (tertiary/aromatic N) is 3. The minimum atomic E-state index is 0.951. The Morgan fingerprint density at radius 1 is 0.388 bits per heavy atom. The first kappa shape index (κ1) is 28.6. The second kappa shape index (κ2) is 12.2. The molecule has 2 aromatic heterocycles. The summed E-state index contributed by atoms with van der Waals surface area (Å²) in [5.41, 5.74) is 12.8. The summed E-state index contributed by atoms with van der Waals surface area (Å²) >= 11 is 0. The van der Waals surface area contributed by atoms with Crippen LogP contribution in [0.3, 0.4) is 0 Å². The van der Waals surface area contributed by atoms with Crippen molar-refractivity contribution in [3.63, 3.8) is 0 Å². The lowest BCUT2D eigenvalue weighted by atomic mass is 9.92. The molecule has 0 amide bonds. The molecule has 0 saturated carbocycles. The summed E-state index contributed by atoms with van der Waals surface area (Å²) in [5, 5.41) is 8.79. The predicted molar refractivity (Wildman–Crippen MR) is 204 cm³/mol. The first-order valence-corrected chi connectivity index (χ1v) is 16.6. The Bertz CT molecular complexity index is 2500. The third-order valence-corrected chi connectivity index (χ3v) is 9.19. The molecule has 7 aromatic carbocycles. The van der Waals surface area contributed by atoms with Crippen LogP contribution in [0.4, 0.5) is 0 Å². The Hall–Kier alpha value is -6.58. The third-order valence-electron chi connectivity index (χ3n) is 9.19. The van der Waals surface area contributed by atoms with Gasteiger partial charge < -0.3 is 0 Å². The normalized spacial score (nSPS) is 11.3. The van der Waals surface area contributed by atoms with Gasteiger partial charge in [-0.05, 0) is 64.0 Å². The summed E-state index contributed by atoms with van der Waals surface area (Å²) in [6.45, 7) is 0. The molecule has 230 valence electrons. The summed E-state index contributed by atoms with van der Waals surface area (Å²) < 4.78 is 2.12. The second-order valence-electron chi connectivity index (χ2n) is 12.3. The first-order valence-electron chi connectivity index (χ1n) is 16.6. The van der Waals surface area contributed by atoms with E-state index in [2.05, 4.69) is 181 Å². The molecule has 3 nitrogen and oxygen atoms in total. The summed E-state index contributed by atoms with van der Waals surface area (Å²) in [6, 6.07) is 66.1. The van der Waals surface area contributed by atoms with Gasteiger partial charge in [-0.25, -0.2) is 9.67 Å². The molecular weight excluding hydrogens is 595 g/mol. The maximum atomic E-state index is 5.35. The molecule has 0 spiro atoms. The second-order valence-corrected chi connectivity index (χ2v) is 12.3. The monoisotopic (exact) mass is 625 g/mol. The fourth-order valence-electron chi connectivity index (χ4n) is 6.84. The molecule has 0 atom stereocenters. The largest absolute Gasteiger partial charge is 0.248 e. The van der Waals surface area contributed by atoms with Gasteiger partial charge in [-0.3, -0.25) is 0 Å². The van der Waals surface area contributed by atoms with Crippen molar-refractivity contribution in [1.29, 1.82) is 0 Å². The molecule has 0 saturated heterocycles. The molecule has 0 aliphatic carbocycles. The zero-order chi connectivity index (χ0) is 32.6. The average molecular weight is 626 g/mol. The molecule has 9 rings (SSSR count). The van der Waals surface area contributed by atoms with Crippen molar-refractivity contribution in [3.05, 3.63) is 188 Å². The van der Waals surface area contributed by atoms with Crippen LogP contribution in [-0.2, 0) is 0 Å². The highest BCUT2D eigenvalue weighted by Crippen LogP contribution is 2.43. The van der Waals surface area contributed by atoms with Gasteiger partial charge in [0, 0.05) is 27.5 Å². The van der Waals surface area contributed by atoms with Crippen molar-refractivity contribution in [1.82, 2.24) is 14.8 Å². The van der Waals surface area contributed by atoms with E-state index in [0.717, 1.165) is 83.4 Å². The molecule has 49 heavy (non-hydrogen) atoms. The minimum Gasteiger partial charge on any atom is -0.248 e. The van der Waals surface area contributed by atoms with E-state index in [1.807, 2.05) is 12.1 Å². The molecule has 0 N–H and O–H groups in total. The van der Waals surface area contributed by atoms with Crippen LogP contribution in [0.15, 0.2) is 188 Å². The van der Waals surface area contributed by atoms with Gasteiger partial charge in [0.15, 0.2) is 0 Å². The fraction of sp³-hybridized carbons (Fsp3) is 0. The molecule has 0 fully saturated rings. The van der Waals surface area contributed by atoms with E-state index in [4.69, 9.17) is 10.1 Å². The number of para-hydroxylation sites is 1. The SMILES string of the molecule is c1ccc(-c2cc(-c3ccc4c(c3)cc(-c3ccccc3)c3c(-c5ccccc5)nn(-c5ccccc5)c34)cc(-c3ccccc3)n2)cc1. The van der Waals surface area contributed by atoms with Gasteiger partial charge in [0.25, 0.3) is 0 Å². The van der Waals surface area contributed by atoms with Gasteiger partial charge in [0.2, 0.25) is 0 Å². The summed E-state index contributed by atoms with van der Waals surface area (Å²) in [6.07, 6.45) is 0. The van der Waals surface area contributed by atoms with Gasteiger partial charge in [-0.2, -0.15) is 5.10 Å². The van der Waals surface area contributed by atoms with Gasteiger partial charge in [-0.15, -0.1) is 0 Å². The maximum Gasteiger partial charge on any atom is 0.101 e. The minimum absolute atomic E-state index is 0.951. The molecular formula is C46H31N3. The molecule has 0 radical (unpaired) electrons. The van der Waals surface area contributed by atoms with E-state index in [9.17, 15) is 0 Å². The van der Waals surface area contributed by atoms with Crippen molar-refractivity contribution >= 4 is 21.7 Å². The maximum absolute atomic E-state index is 5.35. The van der Waals surface area contributed by atoms with Gasteiger partial charge in [0.1, 0.15) is 5.69 Å². The van der Waals surface area contributed by atoms with Crippen molar-refractivity contribution in [3.8, 4) is 61.7 Å². The summed E-state index contributed by atoms with van der Waals surface area (Å²) in [7, 11) is 0. The molecule has 0 unspecified atom stereocenters. The van der Waals surface area contributed by atoms with Crippen LogP contribution >= 0.6 is 0 Å². The molecule has 0 aliphatic heterocycles. The zero-order valence-corrected chi connectivity index (χ0v) is 26.7. The van der Waals surface area contributed by atoms with Crippen molar-refractivity contribution in [2.75, 3.05) is 0 Å². The number of hydrogen-bond acceptors (Lipinski definition) is 2.